The molecule has 0 unspecified atom stereocenters. The third-order valence-corrected chi connectivity index (χ3v) is 5.32. The highest BCUT2D eigenvalue weighted by atomic mass is 16.6. The Labute approximate surface area is 169 Å². The van der Waals surface area contributed by atoms with Gasteiger partial charge in [-0.3, -0.25) is 0 Å². The molecule has 0 atom stereocenters. The number of aromatic nitrogens is 1. The Kier molecular flexibility index (Phi) is 4.56. The van der Waals surface area contributed by atoms with Crippen LogP contribution in [0.25, 0.3) is 17.0 Å². The van der Waals surface area contributed by atoms with Crippen molar-refractivity contribution in [2.24, 2.45) is 4.99 Å². The van der Waals surface area contributed by atoms with Gasteiger partial charge in [0.2, 0.25) is 5.90 Å². The molecule has 1 saturated heterocycles. The standard InChI is InChI=1S/C24H21N3O2/c28-24-21(26-23(29-24)17-9-3-1-4-10-17)16-19-15-18-11-5-6-12-20(18)25-22(19)27-13-7-2-8-14-27/h1,3-6,9-12,15-16H,2,7-8,13-14H2/b21-16+. The molecule has 29 heavy (non-hydrogen) atoms. The summed E-state index contributed by atoms with van der Waals surface area (Å²) in [6.07, 6.45) is 5.37. The molecule has 2 aliphatic heterocycles. The van der Waals surface area contributed by atoms with Crippen molar-refractivity contribution in [2.45, 2.75) is 19.3 Å². The van der Waals surface area contributed by atoms with E-state index in [4.69, 9.17) is 9.72 Å². The second-order valence-electron chi connectivity index (χ2n) is 7.34. The minimum atomic E-state index is -0.429. The smallest absolute Gasteiger partial charge is 0.363 e. The molecule has 3 aromatic rings. The van der Waals surface area contributed by atoms with Crippen molar-refractivity contribution in [1.29, 1.82) is 0 Å². The first-order valence-electron chi connectivity index (χ1n) is 10.0. The molecule has 0 bridgehead atoms. The van der Waals surface area contributed by atoms with Gasteiger partial charge in [0.25, 0.3) is 0 Å². The Bertz CT molecular complexity index is 1130. The van der Waals surface area contributed by atoms with Crippen LogP contribution in [0.4, 0.5) is 5.82 Å². The molecule has 0 saturated carbocycles. The average molecular weight is 383 g/mol. The highest BCUT2D eigenvalue weighted by Gasteiger charge is 2.25. The molecule has 1 fully saturated rings. The lowest BCUT2D eigenvalue weighted by molar-refractivity contribution is -0.129. The van der Waals surface area contributed by atoms with Crippen LogP contribution in [-0.2, 0) is 9.53 Å². The number of hydrogen-bond donors (Lipinski definition) is 0. The number of hydrogen-bond acceptors (Lipinski definition) is 5. The molecular weight excluding hydrogens is 362 g/mol. The zero-order valence-corrected chi connectivity index (χ0v) is 16.0. The maximum atomic E-state index is 12.5. The van der Waals surface area contributed by atoms with Crippen LogP contribution in [0.2, 0.25) is 0 Å². The van der Waals surface area contributed by atoms with Gasteiger partial charge in [0, 0.05) is 29.6 Å². The summed E-state index contributed by atoms with van der Waals surface area (Å²) in [4.78, 5) is 24.2. The molecule has 1 aromatic heterocycles. The molecule has 2 aliphatic rings. The van der Waals surface area contributed by atoms with Crippen LogP contribution >= 0.6 is 0 Å². The van der Waals surface area contributed by atoms with Crippen LogP contribution in [0.15, 0.2) is 71.4 Å². The lowest BCUT2D eigenvalue weighted by Gasteiger charge is -2.29. The van der Waals surface area contributed by atoms with Crippen LogP contribution in [0.1, 0.15) is 30.4 Å². The predicted molar refractivity (Wildman–Crippen MR) is 115 cm³/mol. The number of carbonyl (C=O) groups excluding carboxylic acids is 1. The molecule has 0 spiro atoms. The first-order valence-corrected chi connectivity index (χ1v) is 10.0. The van der Waals surface area contributed by atoms with E-state index >= 15 is 0 Å². The first kappa shape index (κ1) is 17.6. The van der Waals surface area contributed by atoms with Crippen molar-refractivity contribution in [3.63, 3.8) is 0 Å². The molecule has 0 N–H and O–H groups in total. The second kappa shape index (κ2) is 7.51. The van der Waals surface area contributed by atoms with E-state index in [1.165, 1.54) is 6.42 Å². The van der Waals surface area contributed by atoms with E-state index < -0.39 is 5.97 Å². The number of cyclic esters (lactones) is 1. The number of rotatable bonds is 3. The van der Waals surface area contributed by atoms with E-state index in [-0.39, 0.29) is 0 Å². The summed E-state index contributed by atoms with van der Waals surface area (Å²) in [5.74, 6) is 0.823. The second-order valence-corrected chi connectivity index (χ2v) is 7.34. The minimum Gasteiger partial charge on any atom is -0.402 e. The van der Waals surface area contributed by atoms with Crippen molar-refractivity contribution in [3.8, 4) is 0 Å². The number of esters is 1. The van der Waals surface area contributed by atoms with Crippen molar-refractivity contribution in [3.05, 3.63) is 77.5 Å². The Hall–Kier alpha value is -3.47. The quantitative estimate of drug-likeness (QED) is 0.491. The number of para-hydroxylation sites is 1. The summed E-state index contributed by atoms with van der Waals surface area (Å²) < 4.78 is 5.41. The van der Waals surface area contributed by atoms with Gasteiger partial charge in [-0.15, -0.1) is 0 Å². The molecule has 3 heterocycles. The molecule has 5 rings (SSSR count). The van der Waals surface area contributed by atoms with Gasteiger partial charge in [-0.05, 0) is 49.6 Å². The van der Waals surface area contributed by atoms with Crippen LogP contribution in [-0.4, -0.2) is 29.9 Å². The Balaban J connectivity index is 1.60. The number of ether oxygens (including phenoxy) is 1. The number of pyridine rings is 1. The third kappa shape index (κ3) is 3.51. The van der Waals surface area contributed by atoms with E-state index in [2.05, 4.69) is 16.0 Å². The van der Waals surface area contributed by atoms with Crippen LogP contribution in [0, 0.1) is 0 Å². The fraction of sp³-hybridized carbons (Fsp3) is 0.208. The summed E-state index contributed by atoms with van der Waals surface area (Å²) in [6.45, 7) is 1.95. The van der Waals surface area contributed by atoms with E-state index in [1.54, 1.807) is 0 Å². The molecule has 5 heteroatoms. The molecule has 0 radical (unpaired) electrons. The normalized spacial score (nSPS) is 18.2. The van der Waals surface area contributed by atoms with Crippen molar-refractivity contribution >= 4 is 34.7 Å². The van der Waals surface area contributed by atoms with Crippen LogP contribution < -0.4 is 4.90 Å². The lowest BCUT2D eigenvalue weighted by Crippen LogP contribution is -2.30. The number of fused-ring (bicyclic) bond motifs is 1. The largest absolute Gasteiger partial charge is 0.402 e. The summed E-state index contributed by atoms with van der Waals surface area (Å²) in [6, 6.07) is 19.6. The monoisotopic (exact) mass is 383 g/mol. The first-order chi connectivity index (χ1) is 14.3. The average Bonchev–Trinajstić information content (AvgIpc) is 3.15. The number of benzene rings is 2. The SMILES string of the molecule is O=C1OC(c2ccccc2)=N/C1=C/c1cc2ccccc2nc1N1CCCCC1. The topological polar surface area (TPSA) is 54.8 Å². The maximum Gasteiger partial charge on any atom is 0.363 e. The summed E-state index contributed by atoms with van der Waals surface area (Å²) in [7, 11) is 0. The number of anilines is 1. The maximum absolute atomic E-state index is 12.5. The Morgan fingerprint density at radius 2 is 1.69 bits per heavy atom. The van der Waals surface area contributed by atoms with Crippen LogP contribution in [0.3, 0.4) is 0 Å². The zero-order valence-electron chi connectivity index (χ0n) is 16.0. The molecule has 0 aliphatic carbocycles. The van der Waals surface area contributed by atoms with Gasteiger partial charge in [-0.25, -0.2) is 14.8 Å². The van der Waals surface area contributed by atoms with E-state index in [1.807, 2.05) is 60.7 Å². The molecule has 5 nitrogen and oxygen atoms in total. The van der Waals surface area contributed by atoms with Crippen molar-refractivity contribution in [2.75, 3.05) is 18.0 Å². The van der Waals surface area contributed by atoms with Gasteiger partial charge in [0.05, 0.1) is 5.52 Å². The molecule has 0 amide bonds. The number of piperidine rings is 1. The van der Waals surface area contributed by atoms with Gasteiger partial charge < -0.3 is 9.64 Å². The van der Waals surface area contributed by atoms with Gasteiger partial charge in [0.1, 0.15) is 5.82 Å². The molecule has 144 valence electrons. The van der Waals surface area contributed by atoms with E-state index in [0.717, 1.165) is 53.8 Å². The van der Waals surface area contributed by atoms with Crippen molar-refractivity contribution in [1.82, 2.24) is 4.98 Å². The highest BCUT2D eigenvalue weighted by molar-refractivity contribution is 6.13. The summed E-state index contributed by atoms with van der Waals surface area (Å²) in [5.41, 5.74) is 2.95. The molecule has 2 aromatic carbocycles. The number of nitrogens with zero attached hydrogens (tertiary/aromatic N) is 3. The van der Waals surface area contributed by atoms with Gasteiger partial charge in [-0.2, -0.15) is 0 Å². The summed E-state index contributed by atoms with van der Waals surface area (Å²) in [5, 5.41) is 1.04. The number of carbonyl (C=O) groups is 1. The Morgan fingerprint density at radius 1 is 0.931 bits per heavy atom. The molecular formula is C24H21N3O2. The fourth-order valence-electron chi connectivity index (χ4n) is 3.85. The van der Waals surface area contributed by atoms with Gasteiger partial charge >= 0.3 is 5.97 Å². The Morgan fingerprint density at radius 3 is 2.52 bits per heavy atom. The van der Waals surface area contributed by atoms with Gasteiger partial charge in [-0.1, -0.05) is 36.4 Å². The lowest BCUT2D eigenvalue weighted by atomic mass is 10.1. The predicted octanol–water partition coefficient (Wildman–Crippen LogP) is 4.57. The van der Waals surface area contributed by atoms with Crippen LogP contribution in [0.5, 0.6) is 0 Å². The zero-order chi connectivity index (χ0) is 19.6. The van der Waals surface area contributed by atoms with Crippen molar-refractivity contribution < 1.29 is 9.53 Å². The highest BCUT2D eigenvalue weighted by Crippen LogP contribution is 2.29. The fourth-order valence-corrected chi connectivity index (χ4v) is 3.85. The van der Waals surface area contributed by atoms with E-state index in [0.29, 0.717) is 11.6 Å². The third-order valence-electron chi connectivity index (χ3n) is 5.32. The summed E-state index contributed by atoms with van der Waals surface area (Å²) >= 11 is 0. The number of aliphatic imine (C=N–C) groups is 1. The minimum absolute atomic E-state index is 0.305. The van der Waals surface area contributed by atoms with E-state index in [9.17, 15) is 4.79 Å². The van der Waals surface area contributed by atoms with Gasteiger partial charge in [0.15, 0.2) is 5.70 Å².